The van der Waals surface area contributed by atoms with E-state index in [0.29, 0.717) is 16.3 Å². The third kappa shape index (κ3) is 3.78. The van der Waals surface area contributed by atoms with E-state index in [9.17, 15) is 13.6 Å². The number of amides is 1. The van der Waals surface area contributed by atoms with Crippen molar-refractivity contribution in [3.05, 3.63) is 76.4 Å². The summed E-state index contributed by atoms with van der Waals surface area (Å²) >= 11 is 5.93. The topological polar surface area (TPSA) is 57.8 Å². The van der Waals surface area contributed by atoms with Crippen LogP contribution in [0.4, 0.5) is 8.78 Å². The van der Waals surface area contributed by atoms with Gasteiger partial charge >= 0.3 is 0 Å². The van der Waals surface area contributed by atoms with Gasteiger partial charge in [0, 0.05) is 23.2 Å². The second kappa shape index (κ2) is 6.80. The molecule has 4 nitrogen and oxygen atoms in total. The molecule has 2 N–H and O–H groups in total. The molecule has 0 unspecified atom stereocenters. The number of hydrogen-bond acceptors (Lipinski definition) is 2. The molecular weight excluding hydrogens is 336 g/mol. The molecule has 1 amide bonds. The third-order valence-electron chi connectivity index (χ3n) is 3.32. The maximum Gasteiger partial charge on any atom is 0.269 e. The fourth-order valence-electron chi connectivity index (χ4n) is 2.22. The Labute approximate surface area is 141 Å². The Hall–Kier alpha value is -2.73. The summed E-state index contributed by atoms with van der Waals surface area (Å²) in [5.74, 6) is -1.81. The summed E-state index contributed by atoms with van der Waals surface area (Å²) in [4.78, 5) is 12.1. The van der Waals surface area contributed by atoms with E-state index >= 15 is 0 Å². The zero-order chi connectivity index (χ0) is 17.1. The van der Waals surface area contributed by atoms with Gasteiger partial charge in [-0.25, -0.2) is 8.78 Å². The smallest absolute Gasteiger partial charge is 0.269 e. The van der Waals surface area contributed by atoms with E-state index in [4.69, 9.17) is 11.6 Å². The number of H-pyrrole nitrogens is 1. The van der Waals surface area contributed by atoms with Gasteiger partial charge in [0.2, 0.25) is 0 Å². The lowest BCUT2D eigenvalue weighted by Gasteiger charge is -2.04. The predicted octanol–water partition coefficient (Wildman–Crippen LogP) is 3.94. The highest BCUT2D eigenvalue weighted by Gasteiger charge is 2.11. The normalized spacial score (nSPS) is 10.6. The molecule has 0 saturated heterocycles. The lowest BCUT2D eigenvalue weighted by Crippen LogP contribution is -2.23. The van der Waals surface area contributed by atoms with Gasteiger partial charge in [-0.15, -0.1) is 0 Å². The van der Waals surface area contributed by atoms with Crippen LogP contribution in [-0.4, -0.2) is 16.1 Å². The first-order valence-corrected chi connectivity index (χ1v) is 7.43. The Balaban J connectivity index is 1.70. The van der Waals surface area contributed by atoms with Crippen LogP contribution < -0.4 is 5.32 Å². The molecule has 0 spiro atoms. The van der Waals surface area contributed by atoms with Crippen LogP contribution >= 0.6 is 11.6 Å². The number of nitrogens with one attached hydrogen (secondary N) is 2. The van der Waals surface area contributed by atoms with Crippen LogP contribution in [0.15, 0.2) is 48.5 Å². The number of aromatic nitrogens is 2. The van der Waals surface area contributed by atoms with E-state index in [1.165, 1.54) is 0 Å². The van der Waals surface area contributed by atoms with Crippen molar-refractivity contribution in [2.45, 2.75) is 6.54 Å². The average molecular weight is 348 g/mol. The molecule has 2 aromatic carbocycles. The number of benzene rings is 2. The Morgan fingerprint density at radius 2 is 1.88 bits per heavy atom. The number of aromatic amines is 1. The van der Waals surface area contributed by atoms with Crippen LogP contribution in [0.25, 0.3) is 11.3 Å². The summed E-state index contributed by atoms with van der Waals surface area (Å²) in [5, 5.41) is 9.84. The van der Waals surface area contributed by atoms with Crippen molar-refractivity contribution in [1.29, 1.82) is 0 Å². The van der Waals surface area contributed by atoms with Crippen molar-refractivity contribution in [1.82, 2.24) is 15.5 Å². The van der Waals surface area contributed by atoms with Gasteiger partial charge in [-0.3, -0.25) is 9.89 Å². The Kier molecular flexibility index (Phi) is 4.57. The number of nitrogens with zero attached hydrogens (tertiary/aromatic N) is 1. The molecule has 122 valence electrons. The molecule has 0 fully saturated rings. The van der Waals surface area contributed by atoms with Crippen LogP contribution in [0.3, 0.4) is 0 Å². The molecular formula is C17H12ClF2N3O. The monoisotopic (exact) mass is 347 g/mol. The van der Waals surface area contributed by atoms with E-state index in [2.05, 4.69) is 15.5 Å². The summed E-state index contributed by atoms with van der Waals surface area (Å²) in [6.07, 6.45) is 0. The van der Waals surface area contributed by atoms with Gasteiger partial charge in [-0.05, 0) is 35.9 Å². The second-order valence-electron chi connectivity index (χ2n) is 5.14. The van der Waals surface area contributed by atoms with Crippen LogP contribution in [0.1, 0.15) is 16.1 Å². The SMILES string of the molecule is O=C(NCc1cc(F)cc(F)c1)c1cc(-c2cccc(Cl)c2)n[nH]1. The van der Waals surface area contributed by atoms with Crippen LogP contribution in [-0.2, 0) is 6.54 Å². The molecule has 0 aliphatic heterocycles. The van der Waals surface area contributed by atoms with Crippen molar-refractivity contribution in [3.8, 4) is 11.3 Å². The minimum absolute atomic E-state index is 0.000961. The molecule has 0 bridgehead atoms. The molecule has 1 heterocycles. The molecule has 3 rings (SSSR count). The lowest BCUT2D eigenvalue weighted by atomic mass is 10.1. The van der Waals surface area contributed by atoms with Gasteiger partial charge in [0.15, 0.2) is 0 Å². The van der Waals surface area contributed by atoms with Crippen molar-refractivity contribution in [2.75, 3.05) is 0 Å². The van der Waals surface area contributed by atoms with Gasteiger partial charge in [-0.1, -0.05) is 23.7 Å². The molecule has 0 aliphatic rings. The zero-order valence-electron chi connectivity index (χ0n) is 12.3. The van der Waals surface area contributed by atoms with Crippen LogP contribution in [0, 0.1) is 11.6 Å². The van der Waals surface area contributed by atoms with Crippen LogP contribution in [0.2, 0.25) is 5.02 Å². The summed E-state index contributed by atoms with van der Waals surface area (Å²) in [5.41, 5.74) is 1.90. The molecule has 0 saturated carbocycles. The van der Waals surface area contributed by atoms with Crippen molar-refractivity contribution < 1.29 is 13.6 Å². The first-order chi connectivity index (χ1) is 11.5. The molecule has 0 aliphatic carbocycles. The van der Waals surface area contributed by atoms with Gasteiger partial charge in [-0.2, -0.15) is 5.10 Å². The van der Waals surface area contributed by atoms with Gasteiger partial charge in [0.25, 0.3) is 5.91 Å². The number of carbonyl (C=O) groups excluding carboxylic acids is 1. The van der Waals surface area contributed by atoms with Crippen molar-refractivity contribution >= 4 is 17.5 Å². The highest BCUT2D eigenvalue weighted by Crippen LogP contribution is 2.21. The fraction of sp³-hybridized carbons (Fsp3) is 0.0588. The molecule has 3 aromatic rings. The maximum absolute atomic E-state index is 13.1. The summed E-state index contributed by atoms with van der Waals surface area (Å²) in [6.45, 7) is -0.000961. The number of rotatable bonds is 4. The minimum Gasteiger partial charge on any atom is -0.347 e. The zero-order valence-corrected chi connectivity index (χ0v) is 13.1. The number of hydrogen-bond donors (Lipinski definition) is 2. The van der Waals surface area contributed by atoms with Gasteiger partial charge in [0.05, 0.1) is 5.69 Å². The molecule has 0 radical (unpaired) electrons. The molecule has 24 heavy (non-hydrogen) atoms. The number of carbonyl (C=O) groups is 1. The van der Waals surface area contributed by atoms with Crippen molar-refractivity contribution in [3.63, 3.8) is 0 Å². The maximum atomic E-state index is 13.1. The van der Waals surface area contributed by atoms with Crippen molar-refractivity contribution in [2.24, 2.45) is 0 Å². The largest absolute Gasteiger partial charge is 0.347 e. The van der Waals surface area contributed by atoms with E-state index in [0.717, 1.165) is 23.8 Å². The first-order valence-electron chi connectivity index (χ1n) is 7.06. The summed E-state index contributed by atoms with van der Waals surface area (Å²) < 4.78 is 26.2. The lowest BCUT2D eigenvalue weighted by molar-refractivity contribution is 0.0945. The van der Waals surface area contributed by atoms with Gasteiger partial charge < -0.3 is 5.32 Å². The minimum atomic E-state index is -0.691. The quantitative estimate of drug-likeness (QED) is 0.751. The Morgan fingerprint density at radius 3 is 2.58 bits per heavy atom. The molecule has 1 aromatic heterocycles. The molecule has 0 atom stereocenters. The van der Waals surface area contributed by atoms with E-state index in [1.54, 1.807) is 24.3 Å². The number of halogens is 3. The highest BCUT2D eigenvalue weighted by molar-refractivity contribution is 6.30. The molecule has 7 heteroatoms. The highest BCUT2D eigenvalue weighted by atomic mass is 35.5. The third-order valence-corrected chi connectivity index (χ3v) is 3.55. The average Bonchev–Trinajstić information content (AvgIpc) is 3.02. The van der Waals surface area contributed by atoms with E-state index in [-0.39, 0.29) is 12.2 Å². The van der Waals surface area contributed by atoms with E-state index < -0.39 is 17.5 Å². The van der Waals surface area contributed by atoms with E-state index in [1.807, 2.05) is 6.07 Å². The predicted molar refractivity (Wildman–Crippen MR) is 86.6 cm³/mol. The first kappa shape index (κ1) is 16.1. The summed E-state index contributed by atoms with van der Waals surface area (Å²) in [6, 6.07) is 11.7. The summed E-state index contributed by atoms with van der Waals surface area (Å²) in [7, 11) is 0. The Bertz CT molecular complexity index is 875. The fourth-order valence-corrected chi connectivity index (χ4v) is 2.41. The second-order valence-corrected chi connectivity index (χ2v) is 5.57. The van der Waals surface area contributed by atoms with Crippen LogP contribution in [0.5, 0.6) is 0 Å². The standard InChI is InChI=1S/C17H12ClF2N3O/c18-12-3-1-2-11(6-12)15-8-16(23-22-15)17(24)21-9-10-4-13(19)7-14(20)5-10/h1-8H,9H2,(H,21,24)(H,22,23). The van der Waals surface area contributed by atoms with Gasteiger partial charge in [0.1, 0.15) is 17.3 Å². The Morgan fingerprint density at radius 1 is 1.12 bits per heavy atom.